The summed E-state index contributed by atoms with van der Waals surface area (Å²) >= 11 is 0. The van der Waals surface area contributed by atoms with E-state index in [1.165, 1.54) is 12.1 Å². The van der Waals surface area contributed by atoms with E-state index in [4.69, 9.17) is 9.57 Å². The van der Waals surface area contributed by atoms with Crippen molar-refractivity contribution in [3.05, 3.63) is 29.8 Å². The van der Waals surface area contributed by atoms with Crippen LogP contribution < -0.4 is 0 Å². The van der Waals surface area contributed by atoms with Crippen molar-refractivity contribution in [1.82, 2.24) is 0 Å². The fourth-order valence-electron chi connectivity index (χ4n) is 2.21. The lowest BCUT2D eigenvalue weighted by Gasteiger charge is -2.24. The number of benzene rings is 1. The molecule has 2 N–H and O–H groups in total. The Labute approximate surface area is 133 Å². The van der Waals surface area contributed by atoms with E-state index in [0.717, 1.165) is 0 Å². The minimum absolute atomic E-state index is 0.0326. The summed E-state index contributed by atoms with van der Waals surface area (Å²) in [6.45, 7) is 5.09. The summed E-state index contributed by atoms with van der Waals surface area (Å²) in [5, 5.41) is 22.8. The van der Waals surface area contributed by atoms with Crippen LogP contribution in [0.25, 0.3) is 0 Å². The second kappa shape index (κ2) is 5.91. The minimum Gasteiger partial charge on any atom is -0.508 e. The molecule has 7 heteroatoms. The van der Waals surface area contributed by atoms with Crippen LogP contribution in [0.4, 0.5) is 0 Å². The van der Waals surface area contributed by atoms with Gasteiger partial charge in [-0.25, -0.2) is 4.79 Å². The van der Waals surface area contributed by atoms with Crippen molar-refractivity contribution >= 4 is 17.7 Å². The molecule has 0 radical (unpaired) electrons. The van der Waals surface area contributed by atoms with E-state index < -0.39 is 29.6 Å². The second-order valence-corrected chi connectivity index (χ2v) is 6.42. The molecule has 0 spiro atoms. The Morgan fingerprint density at radius 1 is 1.39 bits per heavy atom. The van der Waals surface area contributed by atoms with Crippen LogP contribution in [0.5, 0.6) is 5.75 Å². The molecule has 0 aromatic heterocycles. The quantitative estimate of drug-likeness (QED) is 0.822. The van der Waals surface area contributed by atoms with Gasteiger partial charge in [0.1, 0.15) is 11.4 Å². The fraction of sp³-hybridized carbons (Fsp3) is 0.438. The van der Waals surface area contributed by atoms with E-state index in [0.29, 0.717) is 11.3 Å². The summed E-state index contributed by atoms with van der Waals surface area (Å²) in [4.78, 5) is 28.7. The number of hydrogen-bond acceptors (Lipinski definition) is 6. The first-order valence-corrected chi connectivity index (χ1v) is 7.11. The molecule has 0 unspecified atom stereocenters. The maximum atomic E-state index is 12.0. The average molecular weight is 321 g/mol. The number of hydrogen-bond donors (Lipinski definition) is 2. The average Bonchev–Trinajstić information content (AvgIpc) is 2.82. The molecule has 0 saturated heterocycles. The van der Waals surface area contributed by atoms with Gasteiger partial charge in [0.2, 0.25) is 5.60 Å². The topological polar surface area (TPSA) is 105 Å². The van der Waals surface area contributed by atoms with E-state index in [-0.39, 0.29) is 12.2 Å². The highest BCUT2D eigenvalue weighted by Gasteiger charge is 2.49. The molecule has 7 nitrogen and oxygen atoms in total. The number of ether oxygens (including phenoxy) is 1. The molecule has 0 saturated carbocycles. The van der Waals surface area contributed by atoms with Crippen LogP contribution in [-0.4, -0.2) is 39.1 Å². The third-order valence-corrected chi connectivity index (χ3v) is 3.20. The maximum absolute atomic E-state index is 12.0. The fourth-order valence-corrected chi connectivity index (χ4v) is 2.21. The number of carboxylic acid groups (broad SMARTS) is 1. The van der Waals surface area contributed by atoms with E-state index in [2.05, 4.69) is 5.16 Å². The summed E-state index contributed by atoms with van der Waals surface area (Å²) in [6, 6.07) is 6.23. The minimum atomic E-state index is -1.79. The molecular formula is C16H19NO6. The van der Waals surface area contributed by atoms with E-state index >= 15 is 0 Å². The van der Waals surface area contributed by atoms with Gasteiger partial charge in [-0.2, -0.15) is 0 Å². The largest absolute Gasteiger partial charge is 0.508 e. The molecule has 1 aromatic rings. The van der Waals surface area contributed by atoms with Gasteiger partial charge in [-0.3, -0.25) is 4.79 Å². The number of nitrogens with zero attached hydrogens (tertiary/aromatic N) is 1. The maximum Gasteiger partial charge on any atom is 0.351 e. The number of oxime groups is 1. The first-order chi connectivity index (χ1) is 10.6. The van der Waals surface area contributed by atoms with Crippen LogP contribution in [-0.2, 0) is 19.2 Å². The lowest BCUT2D eigenvalue weighted by Crippen LogP contribution is -2.42. The lowest BCUT2D eigenvalue weighted by atomic mass is 9.91. The zero-order valence-corrected chi connectivity index (χ0v) is 13.2. The Bertz CT molecular complexity index is 661. The van der Waals surface area contributed by atoms with Crippen molar-refractivity contribution in [1.29, 1.82) is 0 Å². The zero-order chi connectivity index (χ0) is 17.3. The monoisotopic (exact) mass is 321 g/mol. The van der Waals surface area contributed by atoms with Crippen molar-refractivity contribution < 1.29 is 29.4 Å². The molecule has 1 heterocycles. The molecular weight excluding hydrogens is 302 g/mol. The molecule has 2 rings (SSSR count). The molecule has 1 aliphatic rings. The summed E-state index contributed by atoms with van der Waals surface area (Å²) in [6.07, 6.45) is -0.545. The molecule has 0 aliphatic carbocycles. The lowest BCUT2D eigenvalue weighted by molar-refractivity contribution is -0.175. The van der Waals surface area contributed by atoms with Gasteiger partial charge >= 0.3 is 11.9 Å². The summed E-state index contributed by atoms with van der Waals surface area (Å²) in [5.41, 5.74) is -1.61. The number of aromatic hydroxyl groups is 1. The third kappa shape index (κ3) is 4.00. The van der Waals surface area contributed by atoms with Crippen molar-refractivity contribution in [3.8, 4) is 5.75 Å². The molecule has 0 fully saturated rings. The van der Waals surface area contributed by atoms with Crippen LogP contribution in [0.15, 0.2) is 29.4 Å². The molecule has 124 valence electrons. The Morgan fingerprint density at radius 2 is 2.09 bits per heavy atom. The number of aliphatic carboxylic acids is 1. The number of carboxylic acids is 1. The Balaban J connectivity index is 2.16. The first kappa shape index (κ1) is 16.8. The second-order valence-electron chi connectivity index (χ2n) is 6.42. The standard InChI is InChI=1S/C16H19NO6/c1-15(2,3)22-13(19)9-16(14(20)21)8-12(17-23-16)10-5-4-6-11(18)7-10/h4-7,18H,8-9H2,1-3H3,(H,20,21)/t16-/m0/s1. The van der Waals surface area contributed by atoms with E-state index in [1.807, 2.05) is 0 Å². The third-order valence-electron chi connectivity index (χ3n) is 3.20. The molecule has 1 aromatic carbocycles. The predicted molar refractivity (Wildman–Crippen MR) is 81.2 cm³/mol. The number of phenolic OH excluding ortho intramolecular Hbond substituents is 1. The van der Waals surface area contributed by atoms with Crippen molar-refractivity contribution in [2.75, 3.05) is 0 Å². The highest BCUT2D eigenvalue weighted by molar-refractivity contribution is 6.05. The molecule has 0 amide bonds. The van der Waals surface area contributed by atoms with Crippen molar-refractivity contribution in [2.24, 2.45) is 5.16 Å². The van der Waals surface area contributed by atoms with Crippen molar-refractivity contribution in [3.63, 3.8) is 0 Å². The predicted octanol–water partition coefficient (Wildman–Crippen LogP) is 2.07. The highest BCUT2D eigenvalue weighted by atomic mass is 16.7. The Kier molecular flexibility index (Phi) is 4.31. The van der Waals surface area contributed by atoms with E-state index in [1.54, 1.807) is 32.9 Å². The van der Waals surface area contributed by atoms with Crippen LogP contribution in [0.2, 0.25) is 0 Å². The smallest absolute Gasteiger partial charge is 0.351 e. The molecule has 1 aliphatic heterocycles. The van der Waals surface area contributed by atoms with Crippen LogP contribution >= 0.6 is 0 Å². The number of carbonyl (C=O) groups excluding carboxylic acids is 1. The Morgan fingerprint density at radius 3 is 2.65 bits per heavy atom. The first-order valence-electron chi connectivity index (χ1n) is 7.11. The summed E-state index contributed by atoms with van der Waals surface area (Å²) in [5.74, 6) is -1.93. The summed E-state index contributed by atoms with van der Waals surface area (Å²) in [7, 11) is 0. The zero-order valence-electron chi connectivity index (χ0n) is 13.2. The van der Waals surface area contributed by atoms with Gasteiger partial charge in [0.25, 0.3) is 0 Å². The summed E-state index contributed by atoms with van der Waals surface area (Å²) < 4.78 is 5.16. The number of rotatable bonds is 4. The number of phenols is 1. The molecule has 23 heavy (non-hydrogen) atoms. The van der Waals surface area contributed by atoms with Crippen LogP contribution in [0.3, 0.4) is 0 Å². The van der Waals surface area contributed by atoms with Gasteiger partial charge < -0.3 is 19.8 Å². The Hall–Kier alpha value is -2.57. The van der Waals surface area contributed by atoms with Gasteiger partial charge in [0.15, 0.2) is 0 Å². The van der Waals surface area contributed by atoms with Gasteiger partial charge in [-0.15, -0.1) is 0 Å². The van der Waals surface area contributed by atoms with E-state index in [9.17, 15) is 19.8 Å². The van der Waals surface area contributed by atoms with Crippen molar-refractivity contribution in [2.45, 2.75) is 44.8 Å². The van der Waals surface area contributed by atoms with Gasteiger partial charge in [0, 0.05) is 12.0 Å². The highest BCUT2D eigenvalue weighted by Crippen LogP contribution is 2.32. The normalized spacial score (nSPS) is 20.6. The molecule has 1 atom stereocenters. The van der Waals surface area contributed by atoms with Crippen LogP contribution in [0, 0.1) is 0 Å². The van der Waals surface area contributed by atoms with Gasteiger partial charge in [-0.05, 0) is 32.9 Å². The number of esters is 1. The van der Waals surface area contributed by atoms with Gasteiger partial charge in [-0.1, -0.05) is 17.3 Å². The van der Waals surface area contributed by atoms with Crippen LogP contribution in [0.1, 0.15) is 39.2 Å². The molecule has 0 bridgehead atoms. The van der Waals surface area contributed by atoms with Gasteiger partial charge in [0.05, 0.1) is 12.1 Å². The SMILES string of the molecule is CC(C)(C)OC(=O)C[C@]1(C(=O)O)CC(c2cccc(O)c2)=NO1. The number of carbonyl (C=O) groups is 2.